The Hall–Kier alpha value is -3.78. The summed E-state index contributed by atoms with van der Waals surface area (Å²) in [6.45, 7) is 2.51. The maximum absolute atomic E-state index is 13.9. The molecule has 5 rings (SSSR count). The maximum atomic E-state index is 13.9. The molecule has 0 aliphatic carbocycles. The quantitative estimate of drug-likeness (QED) is 0.447. The number of ether oxygens (including phenoxy) is 2. The van der Waals surface area contributed by atoms with E-state index in [0.29, 0.717) is 36.0 Å². The standard InChI is InChI=1S/C26H25N3O4S/c1-26(25(31)27-15-17-7-5-4-6-8-17)16-28-20(13-18-11-12-34-24(18)28)23(30)29(26)19-9-10-21(32-2)22(14-19)33-3/h4-14H,15-16H2,1-3H3,(H,27,31)/t26-/m1/s1. The zero-order chi connectivity index (χ0) is 23.9. The number of carbonyl (C=O) groups is 2. The van der Waals surface area contributed by atoms with E-state index in [0.717, 1.165) is 15.8 Å². The predicted molar refractivity (Wildman–Crippen MR) is 133 cm³/mol. The number of hydrogen-bond acceptors (Lipinski definition) is 5. The molecule has 0 unspecified atom stereocenters. The van der Waals surface area contributed by atoms with E-state index in [4.69, 9.17) is 9.47 Å². The van der Waals surface area contributed by atoms with Crippen molar-refractivity contribution in [3.05, 3.63) is 77.3 Å². The molecular formula is C26H25N3O4S. The Morgan fingerprint density at radius 1 is 1.06 bits per heavy atom. The molecule has 174 valence electrons. The second kappa shape index (κ2) is 8.53. The molecule has 0 bridgehead atoms. The van der Waals surface area contributed by atoms with Crippen molar-refractivity contribution >= 4 is 39.1 Å². The van der Waals surface area contributed by atoms with Gasteiger partial charge < -0.3 is 19.4 Å². The van der Waals surface area contributed by atoms with E-state index in [1.165, 1.54) is 0 Å². The molecule has 7 nitrogen and oxygen atoms in total. The van der Waals surface area contributed by atoms with Crippen molar-refractivity contribution in [1.82, 2.24) is 9.88 Å². The van der Waals surface area contributed by atoms with Gasteiger partial charge in [0, 0.05) is 23.7 Å². The van der Waals surface area contributed by atoms with Gasteiger partial charge in [-0.05, 0) is 42.1 Å². The number of nitrogens with zero attached hydrogens (tertiary/aromatic N) is 2. The molecule has 1 atom stereocenters. The Labute approximate surface area is 201 Å². The largest absolute Gasteiger partial charge is 0.493 e. The number of amides is 2. The lowest BCUT2D eigenvalue weighted by molar-refractivity contribution is -0.126. The van der Waals surface area contributed by atoms with E-state index in [-0.39, 0.29) is 11.8 Å². The Morgan fingerprint density at radius 3 is 2.56 bits per heavy atom. The topological polar surface area (TPSA) is 72.8 Å². The summed E-state index contributed by atoms with van der Waals surface area (Å²) in [5, 5.41) is 6.04. The molecule has 34 heavy (non-hydrogen) atoms. The van der Waals surface area contributed by atoms with Crippen LogP contribution >= 0.6 is 11.3 Å². The van der Waals surface area contributed by atoms with Crippen molar-refractivity contribution in [2.45, 2.75) is 25.6 Å². The first-order chi connectivity index (χ1) is 16.5. The monoisotopic (exact) mass is 475 g/mol. The van der Waals surface area contributed by atoms with Crippen LogP contribution in [0.2, 0.25) is 0 Å². The van der Waals surface area contributed by atoms with E-state index < -0.39 is 5.54 Å². The number of benzene rings is 2. The zero-order valence-corrected chi connectivity index (χ0v) is 20.0. The third-order valence-corrected chi connectivity index (χ3v) is 7.25. The summed E-state index contributed by atoms with van der Waals surface area (Å²) in [5.41, 5.74) is 0.941. The van der Waals surface area contributed by atoms with E-state index in [1.807, 2.05) is 59.3 Å². The summed E-state index contributed by atoms with van der Waals surface area (Å²) in [7, 11) is 3.11. The molecular weight excluding hydrogens is 450 g/mol. The number of carbonyl (C=O) groups excluding carboxylic acids is 2. The number of fused-ring (bicyclic) bond motifs is 3. The fourth-order valence-electron chi connectivity index (χ4n) is 4.53. The van der Waals surface area contributed by atoms with Gasteiger partial charge in [0.2, 0.25) is 5.91 Å². The lowest BCUT2D eigenvalue weighted by Crippen LogP contribution is -2.64. The molecule has 0 saturated heterocycles. The van der Waals surface area contributed by atoms with Crippen LogP contribution in [0.5, 0.6) is 11.5 Å². The molecule has 1 N–H and O–H groups in total. The lowest BCUT2D eigenvalue weighted by atomic mass is 9.93. The van der Waals surface area contributed by atoms with Gasteiger partial charge in [-0.2, -0.15) is 0 Å². The van der Waals surface area contributed by atoms with Crippen molar-refractivity contribution in [1.29, 1.82) is 0 Å². The van der Waals surface area contributed by atoms with Gasteiger partial charge in [0.05, 0.1) is 20.8 Å². The van der Waals surface area contributed by atoms with Gasteiger partial charge in [0.15, 0.2) is 11.5 Å². The van der Waals surface area contributed by atoms with Gasteiger partial charge in [-0.1, -0.05) is 30.3 Å². The third kappa shape index (κ3) is 3.51. The molecule has 3 heterocycles. The smallest absolute Gasteiger partial charge is 0.275 e. The highest BCUT2D eigenvalue weighted by Gasteiger charge is 2.48. The van der Waals surface area contributed by atoms with Crippen LogP contribution in [-0.4, -0.2) is 36.1 Å². The highest BCUT2D eigenvalue weighted by molar-refractivity contribution is 7.16. The van der Waals surface area contributed by atoms with Crippen LogP contribution in [-0.2, 0) is 17.9 Å². The molecule has 0 fully saturated rings. The van der Waals surface area contributed by atoms with Crippen LogP contribution in [0.4, 0.5) is 5.69 Å². The predicted octanol–water partition coefficient (Wildman–Crippen LogP) is 4.46. The van der Waals surface area contributed by atoms with Crippen LogP contribution in [0.1, 0.15) is 23.0 Å². The Kier molecular flexibility index (Phi) is 5.53. The normalized spacial score (nSPS) is 17.5. The first kappa shape index (κ1) is 22.0. The van der Waals surface area contributed by atoms with Crippen molar-refractivity contribution in [2.75, 3.05) is 19.1 Å². The third-order valence-electron chi connectivity index (χ3n) is 6.29. The van der Waals surface area contributed by atoms with E-state index in [2.05, 4.69) is 5.32 Å². The number of thiophene rings is 1. The average Bonchev–Trinajstić information content (AvgIpc) is 3.45. The summed E-state index contributed by atoms with van der Waals surface area (Å²) in [6, 6.07) is 18.9. The zero-order valence-electron chi connectivity index (χ0n) is 19.2. The van der Waals surface area contributed by atoms with Gasteiger partial charge in [-0.15, -0.1) is 11.3 Å². The van der Waals surface area contributed by atoms with Crippen LogP contribution in [0.15, 0.2) is 66.0 Å². The Morgan fingerprint density at radius 2 is 1.82 bits per heavy atom. The van der Waals surface area contributed by atoms with Crippen molar-refractivity contribution < 1.29 is 19.1 Å². The summed E-state index contributed by atoms with van der Waals surface area (Å²) >= 11 is 1.57. The lowest BCUT2D eigenvalue weighted by Gasteiger charge is -2.44. The number of aromatic nitrogens is 1. The van der Waals surface area contributed by atoms with Crippen molar-refractivity contribution in [3.63, 3.8) is 0 Å². The van der Waals surface area contributed by atoms with Crippen LogP contribution < -0.4 is 19.7 Å². The van der Waals surface area contributed by atoms with Crippen LogP contribution in [0.3, 0.4) is 0 Å². The van der Waals surface area contributed by atoms with Gasteiger partial charge >= 0.3 is 0 Å². The molecule has 2 aromatic heterocycles. The fourth-order valence-corrected chi connectivity index (χ4v) is 5.43. The van der Waals surface area contributed by atoms with Gasteiger partial charge in [-0.3, -0.25) is 14.5 Å². The summed E-state index contributed by atoms with van der Waals surface area (Å²) < 4.78 is 12.8. The van der Waals surface area contributed by atoms with E-state index in [1.54, 1.807) is 48.7 Å². The summed E-state index contributed by atoms with van der Waals surface area (Å²) in [5.74, 6) is 0.569. The second-order valence-corrected chi connectivity index (χ2v) is 9.31. The fraction of sp³-hybridized carbons (Fsp3) is 0.231. The molecule has 4 aromatic rings. The molecule has 2 amide bonds. The molecule has 2 aromatic carbocycles. The van der Waals surface area contributed by atoms with Crippen molar-refractivity contribution in [2.24, 2.45) is 0 Å². The second-order valence-electron chi connectivity index (χ2n) is 8.42. The van der Waals surface area contributed by atoms with Gasteiger partial charge in [0.1, 0.15) is 16.1 Å². The molecule has 0 spiro atoms. The Balaban J connectivity index is 1.59. The van der Waals surface area contributed by atoms with E-state index in [9.17, 15) is 9.59 Å². The Bertz CT molecular complexity index is 1380. The maximum Gasteiger partial charge on any atom is 0.275 e. The molecule has 1 aliphatic heterocycles. The summed E-state index contributed by atoms with van der Waals surface area (Å²) in [4.78, 5) is 30.2. The summed E-state index contributed by atoms with van der Waals surface area (Å²) in [6.07, 6.45) is 0. The SMILES string of the molecule is COc1ccc(N2C(=O)c3cc4ccsc4n3C[C@]2(C)C(=O)NCc2ccccc2)cc1OC. The molecule has 0 radical (unpaired) electrons. The van der Waals surface area contributed by atoms with Crippen LogP contribution in [0.25, 0.3) is 10.2 Å². The van der Waals surface area contributed by atoms with Crippen molar-refractivity contribution in [3.8, 4) is 11.5 Å². The minimum atomic E-state index is -1.17. The van der Waals surface area contributed by atoms with E-state index >= 15 is 0 Å². The van der Waals surface area contributed by atoms with Crippen LogP contribution in [0, 0.1) is 0 Å². The molecule has 0 saturated carbocycles. The first-order valence-corrected chi connectivity index (χ1v) is 11.8. The minimum Gasteiger partial charge on any atom is -0.493 e. The average molecular weight is 476 g/mol. The van der Waals surface area contributed by atoms with Gasteiger partial charge in [-0.25, -0.2) is 0 Å². The van der Waals surface area contributed by atoms with Gasteiger partial charge in [0.25, 0.3) is 5.91 Å². The number of methoxy groups -OCH3 is 2. The molecule has 1 aliphatic rings. The number of nitrogens with one attached hydrogen (secondary N) is 1. The number of anilines is 1. The highest BCUT2D eigenvalue weighted by Crippen LogP contribution is 2.40. The minimum absolute atomic E-state index is 0.233. The molecule has 8 heteroatoms. The number of hydrogen-bond donors (Lipinski definition) is 1. The highest BCUT2D eigenvalue weighted by atomic mass is 32.1. The number of rotatable bonds is 6. The first-order valence-electron chi connectivity index (χ1n) is 10.9.